The number of amides is 2. The average Bonchev–Trinajstić information content (AvgIpc) is 3.25. The Hall–Kier alpha value is -2.95. The summed E-state index contributed by atoms with van der Waals surface area (Å²) in [5.41, 5.74) is 20.5. The van der Waals surface area contributed by atoms with Crippen LogP contribution in [0.1, 0.15) is 69.4 Å². The lowest BCUT2D eigenvalue weighted by molar-refractivity contribution is 0.0773. The number of primary amides is 1. The third-order valence-electron chi connectivity index (χ3n) is 6.56. The Morgan fingerprint density at radius 1 is 1.38 bits per heavy atom. The SMILES string of the molecule is CCn1nc(C)cc1C(=O)N[C@@]1(N)C(N)c2cc(C(N)=O)cc3c2C1[C@H](CCCO)CO3. The van der Waals surface area contributed by atoms with E-state index in [9.17, 15) is 14.7 Å². The van der Waals surface area contributed by atoms with Gasteiger partial charge in [0.2, 0.25) is 5.91 Å². The molecule has 0 saturated heterocycles. The quantitative estimate of drug-likeness (QED) is 0.383. The molecule has 1 aliphatic carbocycles. The van der Waals surface area contributed by atoms with Gasteiger partial charge in [-0.05, 0) is 50.5 Å². The molecular formula is C22H30N6O4. The van der Waals surface area contributed by atoms with Crippen LogP contribution in [0.4, 0.5) is 0 Å². The van der Waals surface area contributed by atoms with Crippen molar-refractivity contribution in [3.8, 4) is 5.75 Å². The molecule has 10 heteroatoms. The van der Waals surface area contributed by atoms with E-state index < -0.39 is 17.6 Å². The molecule has 0 radical (unpaired) electrons. The van der Waals surface area contributed by atoms with Gasteiger partial charge in [0, 0.05) is 36.1 Å². The number of nitrogens with zero attached hydrogens (tertiary/aromatic N) is 2. The standard InChI is InChI=1S/C22H30N6O4/c1-3-28-15(7-11(2)27-28)21(31)26-22(25)18-12(5-4-6-29)10-32-16-9-13(20(24)30)8-14(17(16)18)19(22)23/h7-9,12,18-19,29H,3-6,10,23,25H2,1-2H3,(H2,24,30)(H,26,31)/t12-,18?,19?,22-/m1/s1. The summed E-state index contributed by atoms with van der Waals surface area (Å²) in [5.74, 6) is -0.896. The topological polar surface area (TPSA) is 172 Å². The second-order valence-corrected chi connectivity index (χ2v) is 8.61. The van der Waals surface area contributed by atoms with E-state index in [1.165, 1.54) is 0 Å². The molecule has 0 saturated carbocycles. The summed E-state index contributed by atoms with van der Waals surface area (Å²) in [7, 11) is 0. The predicted molar refractivity (Wildman–Crippen MR) is 117 cm³/mol. The molecule has 1 aromatic heterocycles. The highest BCUT2D eigenvalue weighted by atomic mass is 16.5. The van der Waals surface area contributed by atoms with Crippen molar-refractivity contribution in [3.63, 3.8) is 0 Å². The first-order valence-corrected chi connectivity index (χ1v) is 10.8. The highest BCUT2D eigenvalue weighted by molar-refractivity contribution is 5.95. The maximum Gasteiger partial charge on any atom is 0.271 e. The fourth-order valence-electron chi connectivity index (χ4n) is 5.10. The van der Waals surface area contributed by atoms with Crippen LogP contribution in [0.25, 0.3) is 0 Å². The highest BCUT2D eigenvalue weighted by Gasteiger charge is 2.56. The summed E-state index contributed by atoms with van der Waals surface area (Å²) >= 11 is 0. The van der Waals surface area contributed by atoms with Crippen LogP contribution in [0.3, 0.4) is 0 Å². The van der Waals surface area contributed by atoms with Gasteiger partial charge in [-0.3, -0.25) is 14.3 Å². The van der Waals surface area contributed by atoms with Crippen molar-refractivity contribution in [1.82, 2.24) is 15.1 Å². The third kappa shape index (κ3) is 3.44. The van der Waals surface area contributed by atoms with Crippen LogP contribution < -0.4 is 27.3 Å². The van der Waals surface area contributed by atoms with Crippen LogP contribution in [-0.4, -0.2) is 45.6 Å². The number of nitrogens with two attached hydrogens (primary N) is 3. The van der Waals surface area contributed by atoms with Crippen molar-refractivity contribution >= 4 is 11.8 Å². The average molecular weight is 443 g/mol. The highest BCUT2D eigenvalue weighted by Crippen LogP contribution is 2.55. The largest absolute Gasteiger partial charge is 0.493 e. The number of aromatic nitrogens is 2. The van der Waals surface area contributed by atoms with E-state index in [0.717, 1.165) is 11.3 Å². The Morgan fingerprint density at radius 3 is 2.78 bits per heavy atom. The van der Waals surface area contributed by atoms with Gasteiger partial charge in [0.15, 0.2) is 0 Å². The number of benzene rings is 1. The van der Waals surface area contributed by atoms with Crippen molar-refractivity contribution in [2.24, 2.45) is 23.1 Å². The molecule has 1 aliphatic heterocycles. The number of ether oxygens (including phenoxy) is 1. The van der Waals surface area contributed by atoms with Crippen molar-refractivity contribution in [2.45, 2.75) is 50.9 Å². The molecule has 0 fully saturated rings. The maximum atomic E-state index is 13.3. The molecule has 32 heavy (non-hydrogen) atoms. The van der Waals surface area contributed by atoms with Crippen LogP contribution in [0, 0.1) is 12.8 Å². The van der Waals surface area contributed by atoms with E-state index in [1.54, 1.807) is 22.9 Å². The number of hydrogen-bond donors (Lipinski definition) is 5. The fraction of sp³-hybridized carbons (Fsp3) is 0.500. The Morgan fingerprint density at radius 2 is 2.12 bits per heavy atom. The molecule has 0 spiro atoms. The van der Waals surface area contributed by atoms with Gasteiger partial charge in [0.1, 0.15) is 17.1 Å². The first kappa shape index (κ1) is 22.3. The van der Waals surface area contributed by atoms with Gasteiger partial charge in [0.25, 0.3) is 5.91 Å². The van der Waals surface area contributed by atoms with E-state index in [1.807, 2.05) is 13.8 Å². The summed E-state index contributed by atoms with van der Waals surface area (Å²) in [6.07, 6.45) is 1.21. The molecule has 1 aromatic carbocycles. The number of rotatable bonds is 7. The van der Waals surface area contributed by atoms with Gasteiger partial charge in [0.05, 0.1) is 18.3 Å². The van der Waals surface area contributed by atoms with Crippen LogP contribution in [0.15, 0.2) is 18.2 Å². The molecule has 10 nitrogen and oxygen atoms in total. The van der Waals surface area contributed by atoms with Crippen LogP contribution in [0.2, 0.25) is 0 Å². The second kappa shape index (κ2) is 8.19. The van der Waals surface area contributed by atoms with Crippen molar-refractivity contribution < 1.29 is 19.4 Å². The Kier molecular flexibility index (Phi) is 5.70. The smallest absolute Gasteiger partial charge is 0.271 e. The molecule has 2 aliphatic rings. The fourth-order valence-corrected chi connectivity index (χ4v) is 5.10. The number of carbonyl (C=O) groups is 2. The molecule has 4 rings (SSSR count). The Labute approximate surface area is 186 Å². The number of aliphatic hydroxyl groups excluding tert-OH is 1. The van der Waals surface area contributed by atoms with E-state index in [0.29, 0.717) is 43.0 Å². The van der Waals surface area contributed by atoms with Gasteiger partial charge in [-0.1, -0.05) is 0 Å². The summed E-state index contributed by atoms with van der Waals surface area (Å²) in [5, 5.41) is 16.7. The van der Waals surface area contributed by atoms with Gasteiger partial charge in [-0.25, -0.2) is 0 Å². The minimum absolute atomic E-state index is 0.0362. The van der Waals surface area contributed by atoms with E-state index >= 15 is 0 Å². The van der Waals surface area contributed by atoms with Crippen molar-refractivity contribution in [1.29, 1.82) is 0 Å². The lowest BCUT2D eigenvalue weighted by Gasteiger charge is -2.42. The zero-order valence-electron chi connectivity index (χ0n) is 18.3. The van der Waals surface area contributed by atoms with E-state index in [-0.39, 0.29) is 29.9 Å². The van der Waals surface area contributed by atoms with Crippen molar-refractivity contribution in [3.05, 3.63) is 46.3 Å². The maximum absolute atomic E-state index is 13.3. The molecular weight excluding hydrogens is 412 g/mol. The summed E-state index contributed by atoms with van der Waals surface area (Å²) < 4.78 is 7.58. The molecule has 2 unspecified atom stereocenters. The molecule has 0 bridgehead atoms. The van der Waals surface area contributed by atoms with Gasteiger partial charge < -0.3 is 32.4 Å². The Bertz CT molecular complexity index is 1070. The number of nitrogens with one attached hydrogen (secondary N) is 1. The summed E-state index contributed by atoms with van der Waals surface area (Å²) in [4.78, 5) is 25.2. The molecule has 172 valence electrons. The predicted octanol–water partition coefficient (Wildman–Crippen LogP) is 0.273. The molecule has 8 N–H and O–H groups in total. The van der Waals surface area contributed by atoms with Gasteiger partial charge in [-0.2, -0.15) is 5.10 Å². The number of hydrogen-bond acceptors (Lipinski definition) is 7. The zero-order chi connectivity index (χ0) is 23.2. The minimum Gasteiger partial charge on any atom is -0.493 e. The normalized spacial score (nSPS) is 25.8. The second-order valence-electron chi connectivity index (χ2n) is 8.61. The first-order valence-electron chi connectivity index (χ1n) is 10.8. The molecule has 2 aromatic rings. The van der Waals surface area contributed by atoms with Gasteiger partial charge in [-0.15, -0.1) is 0 Å². The number of aliphatic hydroxyl groups is 1. The minimum atomic E-state index is -1.33. The van der Waals surface area contributed by atoms with Crippen LogP contribution >= 0.6 is 0 Å². The molecule has 2 heterocycles. The Balaban J connectivity index is 1.78. The van der Waals surface area contributed by atoms with Gasteiger partial charge >= 0.3 is 0 Å². The molecule has 4 atom stereocenters. The third-order valence-corrected chi connectivity index (χ3v) is 6.56. The molecule has 2 amide bonds. The zero-order valence-corrected chi connectivity index (χ0v) is 18.3. The van der Waals surface area contributed by atoms with Crippen LogP contribution in [0.5, 0.6) is 5.75 Å². The van der Waals surface area contributed by atoms with E-state index in [2.05, 4.69) is 10.4 Å². The van der Waals surface area contributed by atoms with Crippen molar-refractivity contribution in [2.75, 3.05) is 13.2 Å². The summed E-state index contributed by atoms with van der Waals surface area (Å²) in [6, 6.07) is 4.16. The van der Waals surface area contributed by atoms with Crippen LogP contribution in [-0.2, 0) is 6.54 Å². The lowest BCUT2D eigenvalue weighted by atomic mass is 9.77. The number of aryl methyl sites for hydroxylation is 2. The lowest BCUT2D eigenvalue weighted by Crippen LogP contribution is -2.64. The van der Waals surface area contributed by atoms with E-state index in [4.69, 9.17) is 21.9 Å². The monoisotopic (exact) mass is 442 g/mol. The first-order chi connectivity index (χ1) is 15.2. The summed E-state index contributed by atoms with van der Waals surface area (Å²) in [6.45, 7) is 4.61. The number of carbonyl (C=O) groups excluding carboxylic acids is 2.